The molecule has 0 aliphatic carbocycles. The number of aromatic nitrogens is 1. The first-order chi connectivity index (χ1) is 29.4. The van der Waals surface area contributed by atoms with Crippen molar-refractivity contribution >= 4 is 46.9 Å². The Morgan fingerprint density at radius 1 is 0.869 bits per heavy atom. The van der Waals surface area contributed by atoms with Crippen LogP contribution in [0.4, 0.5) is 4.79 Å². The van der Waals surface area contributed by atoms with E-state index in [4.69, 9.17) is 10.5 Å². The number of aliphatic hydroxyl groups is 1. The van der Waals surface area contributed by atoms with Gasteiger partial charge in [0.1, 0.15) is 12.1 Å². The summed E-state index contributed by atoms with van der Waals surface area (Å²) in [7, 11) is 0. The number of primary amides is 1. The number of carbonyl (C=O) groups excluding carboxylic acids is 4. The van der Waals surface area contributed by atoms with Gasteiger partial charge < -0.3 is 31.1 Å². The molecule has 61 heavy (non-hydrogen) atoms. The third-order valence-electron chi connectivity index (χ3n) is 11.0. The van der Waals surface area contributed by atoms with E-state index in [0.717, 1.165) is 44.8 Å². The number of unbranched alkanes of at least 4 members (excludes halogenated alkanes) is 3. The summed E-state index contributed by atoms with van der Waals surface area (Å²) in [5.41, 5.74) is 12.8. The lowest BCUT2D eigenvalue weighted by atomic mass is 9.84. The Hall–Kier alpha value is -5.50. The Morgan fingerprint density at radius 3 is 1.98 bits per heavy atom. The molecule has 0 unspecified atom stereocenters. The summed E-state index contributed by atoms with van der Waals surface area (Å²) in [6.07, 6.45) is 1.10. The summed E-state index contributed by atoms with van der Waals surface area (Å²) in [5.74, 6) is -1.13. The van der Waals surface area contributed by atoms with Gasteiger partial charge in [0, 0.05) is 30.7 Å². The van der Waals surface area contributed by atoms with Gasteiger partial charge in [0.25, 0.3) is 0 Å². The van der Waals surface area contributed by atoms with E-state index in [-0.39, 0.29) is 44.4 Å². The second-order valence-electron chi connectivity index (χ2n) is 15.9. The van der Waals surface area contributed by atoms with E-state index in [2.05, 4.69) is 52.0 Å². The van der Waals surface area contributed by atoms with Crippen LogP contribution >= 0.6 is 23.1 Å². The van der Waals surface area contributed by atoms with Crippen molar-refractivity contribution in [3.8, 4) is 10.4 Å². The fraction of sp³-hybridized carbons (Fsp3) is 0.354. The first-order valence-electron chi connectivity index (χ1n) is 20.7. The number of likely N-dealkylation sites (tertiary alicyclic amines) is 1. The number of nitrogens with zero attached hydrogens (tertiary/aromatic N) is 2. The first kappa shape index (κ1) is 45.0. The van der Waals surface area contributed by atoms with Gasteiger partial charge in [-0.1, -0.05) is 128 Å². The summed E-state index contributed by atoms with van der Waals surface area (Å²) in [6.45, 7) is 6.29. The number of β-amino-alcohol motifs (C(OH)–C–C–N with tert-alkyl or cyclic N) is 1. The second kappa shape index (κ2) is 20.8. The van der Waals surface area contributed by atoms with Crippen LogP contribution in [0, 0.1) is 6.92 Å². The van der Waals surface area contributed by atoms with E-state index in [9.17, 15) is 19.5 Å². The number of thiazole rings is 1. The van der Waals surface area contributed by atoms with Gasteiger partial charge in [-0.05, 0) is 61.4 Å². The fourth-order valence-corrected chi connectivity index (χ4v) is 10.6. The van der Waals surface area contributed by atoms with Crippen molar-refractivity contribution in [1.82, 2.24) is 20.5 Å². The highest BCUT2D eigenvalue weighted by atomic mass is 32.2. The molecule has 5 aromatic rings. The molecule has 3 atom stereocenters. The van der Waals surface area contributed by atoms with Crippen molar-refractivity contribution in [3.63, 3.8) is 0 Å². The number of carbonyl (C=O) groups is 4. The van der Waals surface area contributed by atoms with E-state index in [1.165, 1.54) is 4.90 Å². The van der Waals surface area contributed by atoms with Crippen molar-refractivity contribution in [3.05, 3.63) is 149 Å². The topological polar surface area (TPSA) is 164 Å². The van der Waals surface area contributed by atoms with Crippen LogP contribution in [0.5, 0.6) is 0 Å². The van der Waals surface area contributed by atoms with Crippen molar-refractivity contribution in [2.75, 3.05) is 13.2 Å². The molecule has 1 saturated heterocycles. The van der Waals surface area contributed by atoms with Crippen LogP contribution in [-0.2, 0) is 30.4 Å². The molecule has 0 bridgehead atoms. The van der Waals surface area contributed by atoms with Gasteiger partial charge in [-0.3, -0.25) is 14.4 Å². The van der Waals surface area contributed by atoms with E-state index < -0.39 is 39.7 Å². The molecule has 13 heteroatoms. The smallest absolute Gasteiger partial charge is 0.404 e. The van der Waals surface area contributed by atoms with Crippen molar-refractivity contribution < 1.29 is 29.0 Å². The predicted molar refractivity (Wildman–Crippen MR) is 242 cm³/mol. The molecular formula is C48H55N5O6S2. The molecule has 2 heterocycles. The van der Waals surface area contributed by atoms with Gasteiger partial charge in [0.2, 0.25) is 17.7 Å². The van der Waals surface area contributed by atoms with E-state index >= 15 is 4.79 Å². The van der Waals surface area contributed by atoms with Gasteiger partial charge in [0.05, 0.1) is 33.5 Å². The lowest BCUT2D eigenvalue weighted by Crippen LogP contribution is -2.60. The van der Waals surface area contributed by atoms with Gasteiger partial charge in [-0.2, -0.15) is 0 Å². The number of nitrogens with one attached hydrogen (secondary N) is 2. The molecule has 5 N–H and O–H groups in total. The number of benzene rings is 4. The summed E-state index contributed by atoms with van der Waals surface area (Å²) in [6, 6.07) is 36.3. The predicted octanol–water partition coefficient (Wildman–Crippen LogP) is 7.73. The SMILES string of the molecule is Cc1ncsc1-c1ccc(CNC(=O)[C@@H]2C[C@@H](O)CN2C(=O)[C@@H](NC(=O)CCCCCCOC(N)=O)C(C)(C)SC(c2ccccc2)(c2ccccc2)c2ccccc2)cc1. The Bertz CT molecular complexity index is 2120. The summed E-state index contributed by atoms with van der Waals surface area (Å²) in [4.78, 5) is 60.9. The average Bonchev–Trinajstić information content (AvgIpc) is 3.89. The molecule has 4 amide bonds. The van der Waals surface area contributed by atoms with E-state index in [1.807, 2.05) is 105 Å². The minimum absolute atomic E-state index is 0.0541. The van der Waals surface area contributed by atoms with Gasteiger partial charge in [-0.15, -0.1) is 23.1 Å². The number of aryl methyl sites for hydroxylation is 1. The third kappa shape index (κ3) is 11.3. The Morgan fingerprint density at radius 2 is 1.44 bits per heavy atom. The van der Waals surface area contributed by atoms with Crippen LogP contribution in [0.2, 0.25) is 0 Å². The number of nitrogens with two attached hydrogens (primary N) is 1. The summed E-state index contributed by atoms with van der Waals surface area (Å²) in [5, 5.41) is 17.2. The van der Waals surface area contributed by atoms with Crippen LogP contribution in [0.25, 0.3) is 10.4 Å². The lowest BCUT2D eigenvalue weighted by Gasteiger charge is -2.45. The van der Waals surface area contributed by atoms with Crippen molar-refractivity contribution in [2.45, 2.75) is 93.5 Å². The molecule has 1 fully saturated rings. The van der Waals surface area contributed by atoms with Gasteiger partial charge in [-0.25, -0.2) is 9.78 Å². The molecule has 1 aliphatic heterocycles. The number of rotatable bonds is 19. The molecule has 0 spiro atoms. The summed E-state index contributed by atoms with van der Waals surface area (Å²) < 4.78 is 2.99. The Kier molecular flexibility index (Phi) is 15.4. The highest BCUT2D eigenvalue weighted by Gasteiger charge is 2.50. The number of thioether (sulfide) groups is 1. The first-order valence-corrected chi connectivity index (χ1v) is 22.4. The largest absolute Gasteiger partial charge is 0.450 e. The molecular weight excluding hydrogens is 807 g/mol. The zero-order valence-corrected chi connectivity index (χ0v) is 36.6. The third-order valence-corrected chi connectivity index (χ3v) is 13.8. The maximum Gasteiger partial charge on any atom is 0.404 e. The number of aliphatic hydroxyl groups excluding tert-OH is 1. The standard InChI is InChI=1S/C48H55N5O6S2/c1-33-42(60-32-51-33)35-26-24-34(25-27-35)30-50-44(56)40-29-39(54)31-53(40)45(57)43(52-41(55)23-15-4-5-16-28-59-46(49)58)47(2,3)61-48(36-17-9-6-10-18-36,37-19-11-7-12-20-37)38-21-13-8-14-22-38/h6-14,17-22,24-27,32,39-40,43,54H,4-5,15-16,23,28-31H2,1-3H3,(H2,49,58)(H,50,56)(H,52,55)/t39-,40+,43-/m1/s1. The minimum atomic E-state index is -1.10. The van der Waals surface area contributed by atoms with Gasteiger partial charge >= 0.3 is 6.09 Å². The number of hydrogen-bond donors (Lipinski definition) is 4. The van der Waals surface area contributed by atoms with E-state index in [0.29, 0.717) is 19.3 Å². The van der Waals surface area contributed by atoms with Gasteiger partial charge in [0.15, 0.2) is 0 Å². The average molecular weight is 862 g/mol. The van der Waals surface area contributed by atoms with Crippen LogP contribution in [0.15, 0.2) is 121 Å². The number of ether oxygens (including phenoxy) is 1. The molecule has 6 rings (SSSR count). The Balaban J connectivity index is 1.28. The quantitative estimate of drug-likeness (QED) is 0.0484. The molecule has 4 aromatic carbocycles. The number of amides is 4. The van der Waals surface area contributed by atoms with Crippen LogP contribution in [0.3, 0.4) is 0 Å². The number of hydrogen-bond acceptors (Lipinski definition) is 9. The lowest BCUT2D eigenvalue weighted by molar-refractivity contribution is -0.142. The molecule has 0 saturated carbocycles. The summed E-state index contributed by atoms with van der Waals surface area (Å²) >= 11 is 3.14. The minimum Gasteiger partial charge on any atom is -0.450 e. The molecule has 0 radical (unpaired) electrons. The van der Waals surface area contributed by atoms with E-state index in [1.54, 1.807) is 23.1 Å². The highest BCUT2D eigenvalue weighted by Crippen LogP contribution is 2.54. The maximum atomic E-state index is 15.2. The zero-order valence-electron chi connectivity index (χ0n) is 34.9. The monoisotopic (exact) mass is 861 g/mol. The molecule has 11 nitrogen and oxygen atoms in total. The molecule has 320 valence electrons. The zero-order chi connectivity index (χ0) is 43.4. The second-order valence-corrected chi connectivity index (χ2v) is 18.6. The molecule has 1 aliphatic rings. The Labute approximate surface area is 366 Å². The normalized spacial score (nSPS) is 15.8. The van der Waals surface area contributed by atoms with Crippen LogP contribution < -0.4 is 16.4 Å². The van der Waals surface area contributed by atoms with Crippen LogP contribution in [-0.4, -0.2) is 74.9 Å². The van der Waals surface area contributed by atoms with Crippen molar-refractivity contribution in [2.24, 2.45) is 5.73 Å². The molecule has 1 aromatic heterocycles. The maximum absolute atomic E-state index is 15.2. The highest BCUT2D eigenvalue weighted by molar-refractivity contribution is 8.02. The fourth-order valence-electron chi connectivity index (χ4n) is 7.96. The van der Waals surface area contributed by atoms with Crippen molar-refractivity contribution in [1.29, 1.82) is 0 Å². The van der Waals surface area contributed by atoms with Crippen LogP contribution in [0.1, 0.15) is 80.3 Å².